The summed E-state index contributed by atoms with van der Waals surface area (Å²) in [5.41, 5.74) is 3.40. The van der Waals surface area contributed by atoms with Crippen molar-refractivity contribution in [2.75, 3.05) is 7.11 Å². The molecule has 0 aliphatic carbocycles. The summed E-state index contributed by atoms with van der Waals surface area (Å²) in [6.07, 6.45) is 2.41. The van der Waals surface area contributed by atoms with Crippen LogP contribution in [0, 0.1) is 30.6 Å². The SMILES string of the molecule is COc1ccc(/C=C(\C#N)C(=O)NC(C)(C)CC(C)(C)C)cc1Cn1nc(C)cc1C. The zero-order valence-electron chi connectivity index (χ0n) is 20.0. The van der Waals surface area contributed by atoms with Gasteiger partial charge in [-0.2, -0.15) is 10.4 Å². The average molecular weight is 423 g/mol. The van der Waals surface area contributed by atoms with Gasteiger partial charge in [-0.3, -0.25) is 9.48 Å². The van der Waals surface area contributed by atoms with E-state index in [0.717, 1.165) is 34.7 Å². The maximum Gasteiger partial charge on any atom is 0.262 e. The Morgan fingerprint density at radius 2 is 1.90 bits per heavy atom. The van der Waals surface area contributed by atoms with Crippen molar-refractivity contribution in [3.05, 3.63) is 52.4 Å². The summed E-state index contributed by atoms with van der Waals surface area (Å²) in [6.45, 7) is 14.8. The van der Waals surface area contributed by atoms with Crippen LogP contribution in [0.4, 0.5) is 0 Å². The number of methoxy groups -OCH3 is 1. The maximum atomic E-state index is 12.8. The summed E-state index contributed by atoms with van der Waals surface area (Å²) in [5.74, 6) is 0.367. The summed E-state index contributed by atoms with van der Waals surface area (Å²) in [4.78, 5) is 12.8. The molecule has 2 aromatic rings. The van der Waals surface area contributed by atoms with Crippen molar-refractivity contribution < 1.29 is 9.53 Å². The molecular formula is C25H34N4O2. The Balaban J connectivity index is 2.30. The second-order valence-corrected chi connectivity index (χ2v) is 9.90. The van der Waals surface area contributed by atoms with Gasteiger partial charge in [0, 0.05) is 16.8 Å². The van der Waals surface area contributed by atoms with Gasteiger partial charge in [0.05, 0.1) is 19.3 Å². The number of aromatic nitrogens is 2. The lowest BCUT2D eigenvalue weighted by Gasteiger charge is -2.33. The Kier molecular flexibility index (Phi) is 7.32. The fraction of sp³-hybridized carbons (Fsp3) is 0.480. The van der Waals surface area contributed by atoms with Crippen molar-refractivity contribution in [2.24, 2.45) is 5.41 Å². The molecule has 0 saturated carbocycles. The lowest BCUT2D eigenvalue weighted by atomic mass is 9.81. The number of carbonyl (C=O) groups excluding carboxylic acids is 1. The molecule has 0 radical (unpaired) electrons. The Morgan fingerprint density at radius 3 is 2.42 bits per heavy atom. The number of carbonyl (C=O) groups is 1. The van der Waals surface area contributed by atoms with Crippen molar-refractivity contribution in [3.63, 3.8) is 0 Å². The summed E-state index contributed by atoms with van der Waals surface area (Å²) < 4.78 is 7.41. The zero-order valence-corrected chi connectivity index (χ0v) is 20.0. The van der Waals surface area contributed by atoms with E-state index >= 15 is 0 Å². The molecule has 6 heteroatoms. The number of hydrogen-bond acceptors (Lipinski definition) is 4. The van der Waals surface area contributed by atoms with Crippen molar-refractivity contribution in [2.45, 2.75) is 67.0 Å². The van der Waals surface area contributed by atoms with Gasteiger partial charge in [0.1, 0.15) is 17.4 Å². The highest BCUT2D eigenvalue weighted by Gasteiger charge is 2.28. The highest BCUT2D eigenvalue weighted by molar-refractivity contribution is 6.02. The molecule has 0 spiro atoms. The molecular weight excluding hydrogens is 388 g/mol. The van der Waals surface area contributed by atoms with Crippen molar-refractivity contribution in [1.29, 1.82) is 5.26 Å². The van der Waals surface area contributed by atoms with Gasteiger partial charge < -0.3 is 10.1 Å². The largest absolute Gasteiger partial charge is 0.496 e. The number of nitrogens with zero attached hydrogens (tertiary/aromatic N) is 3. The van der Waals surface area contributed by atoms with Crippen molar-refractivity contribution in [3.8, 4) is 11.8 Å². The molecule has 0 saturated heterocycles. The van der Waals surface area contributed by atoms with Crippen LogP contribution in [0.5, 0.6) is 5.75 Å². The van der Waals surface area contributed by atoms with E-state index in [1.165, 1.54) is 0 Å². The Morgan fingerprint density at radius 1 is 1.23 bits per heavy atom. The quantitative estimate of drug-likeness (QED) is 0.514. The minimum Gasteiger partial charge on any atom is -0.496 e. The molecule has 1 aromatic heterocycles. The first kappa shape index (κ1) is 24.2. The van der Waals surface area contributed by atoms with Gasteiger partial charge in [-0.25, -0.2) is 0 Å². The van der Waals surface area contributed by atoms with E-state index in [9.17, 15) is 10.1 Å². The van der Waals surface area contributed by atoms with Crippen molar-refractivity contribution >= 4 is 12.0 Å². The molecule has 0 atom stereocenters. The highest BCUT2D eigenvalue weighted by Crippen LogP contribution is 2.27. The number of rotatable bonds is 7. The third-order valence-electron chi connectivity index (χ3n) is 4.83. The molecule has 6 nitrogen and oxygen atoms in total. The summed E-state index contributed by atoms with van der Waals surface area (Å²) >= 11 is 0. The van der Waals surface area contributed by atoms with E-state index in [-0.39, 0.29) is 16.9 Å². The maximum absolute atomic E-state index is 12.8. The summed E-state index contributed by atoms with van der Waals surface area (Å²) in [7, 11) is 1.63. The second kappa shape index (κ2) is 9.38. The zero-order chi connectivity index (χ0) is 23.4. The van der Waals surface area contributed by atoms with Crippen LogP contribution in [0.1, 0.15) is 63.6 Å². The molecule has 166 valence electrons. The monoisotopic (exact) mass is 422 g/mol. The first-order valence-electron chi connectivity index (χ1n) is 10.5. The van der Waals surface area contributed by atoms with Gasteiger partial charge in [0.2, 0.25) is 0 Å². The smallest absolute Gasteiger partial charge is 0.262 e. The lowest BCUT2D eigenvalue weighted by molar-refractivity contribution is -0.118. The van der Waals surface area contributed by atoms with Crippen LogP contribution >= 0.6 is 0 Å². The van der Waals surface area contributed by atoms with Crippen LogP contribution in [-0.4, -0.2) is 28.3 Å². The third kappa shape index (κ3) is 6.99. The number of benzene rings is 1. The summed E-state index contributed by atoms with van der Waals surface area (Å²) in [5, 5.41) is 17.1. The van der Waals surface area contributed by atoms with Gasteiger partial charge in [-0.15, -0.1) is 0 Å². The topological polar surface area (TPSA) is 79.9 Å². The van der Waals surface area contributed by atoms with Crippen LogP contribution in [0.2, 0.25) is 0 Å². The number of aryl methyl sites for hydroxylation is 2. The Hall–Kier alpha value is -3.07. The van der Waals surface area contributed by atoms with E-state index in [0.29, 0.717) is 6.54 Å². The van der Waals surface area contributed by atoms with Crippen LogP contribution in [-0.2, 0) is 11.3 Å². The van der Waals surface area contributed by atoms with Gasteiger partial charge >= 0.3 is 0 Å². The first-order chi connectivity index (χ1) is 14.3. The van der Waals surface area contributed by atoms with E-state index in [1.54, 1.807) is 13.2 Å². The standard InChI is InChI=1S/C25H34N4O2/c1-17-11-18(2)29(28-17)15-21-13-19(9-10-22(21)31-8)12-20(14-26)23(30)27-25(6,7)16-24(3,4)5/h9-13H,15-16H2,1-8H3,(H,27,30)/b20-12+. The minimum atomic E-state index is -0.425. The molecule has 2 rings (SSSR count). The first-order valence-corrected chi connectivity index (χ1v) is 10.5. The molecule has 31 heavy (non-hydrogen) atoms. The van der Waals surface area contributed by atoms with Gasteiger partial charge in [-0.1, -0.05) is 26.8 Å². The molecule has 1 N–H and O–H groups in total. The van der Waals surface area contributed by atoms with Gasteiger partial charge in [-0.05, 0) is 69.4 Å². The molecule has 0 aliphatic heterocycles. The normalized spacial score (nSPS) is 12.4. The summed E-state index contributed by atoms with van der Waals surface area (Å²) in [6, 6.07) is 9.69. The number of nitrogens with one attached hydrogen (secondary N) is 1. The second-order valence-electron chi connectivity index (χ2n) is 9.90. The van der Waals surface area contributed by atoms with E-state index < -0.39 is 5.54 Å². The Bertz CT molecular complexity index is 1020. The van der Waals surface area contributed by atoms with Crippen LogP contribution < -0.4 is 10.1 Å². The van der Waals surface area contributed by atoms with Crippen LogP contribution in [0.25, 0.3) is 6.08 Å². The molecule has 1 aromatic carbocycles. The predicted molar refractivity (Wildman–Crippen MR) is 124 cm³/mol. The minimum absolute atomic E-state index is 0.0567. The van der Waals surface area contributed by atoms with E-state index in [4.69, 9.17) is 4.74 Å². The number of amides is 1. The third-order valence-corrected chi connectivity index (χ3v) is 4.83. The van der Waals surface area contributed by atoms with E-state index in [1.807, 2.05) is 62.7 Å². The van der Waals surface area contributed by atoms with Crippen LogP contribution in [0.15, 0.2) is 29.8 Å². The van der Waals surface area contributed by atoms with E-state index in [2.05, 4.69) is 31.2 Å². The average Bonchev–Trinajstić information content (AvgIpc) is 2.94. The predicted octanol–water partition coefficient (Wildman–Crippen LogP) is 4.79. The molecule has 1 heterocycles. The van der Waals surface area contributed by atoms with Gasteiger partial charge in [0.15, 0.2) is 0 Å². The van der Waals surface area contributed by atoms with Crippen molar-refractivity contribution in [1.82, 2.24) is 15.1 Å². The van der Waals surface area contributed by atoms with Crippen LogP contribution in [0.3, 0.4) is 0 Å². The molecule has 0 unspecified atom stereocenters. The molecule has 1 amide bonds. The molecule has 0 bridgehead atoms. The number of nitriles is 1. The molecule has 0 aliphatic rings. The fourth-order valence-electron chi connectivity index (χ4n) is 4.07. The Labute approximate surface area is 185 Å². The van der Waals surface area contributed by atoms with Gasteiger partial charge in [0.25, 0.3) is 5.91 Å². The molecule has 0 fully saturated rings. The number of hydrogen-bond donors (Lipinski definition) is 1. The lowest BCUT2D eigenvalue weighted by Crippen LogP contribution is -2.46. The fourth-order valence-corrected chi connectivity index (χ4v) is 4.07. The highest BCUT2D eigenvalue weighted by atomic mass is 16.5. The number of ether oxygens (including phenoxy) is 1.